The third kappa shape index (κ3) is 4.77. The molecule has 18 heavy (non-hydrogen) atoms. The van der Waals surface area contributed by atoms with Crippen molar-refractivity contribution in [2.75, 3.05) is 34.0 Å². The molecule has 0 aliphatic carbocycles. The molecule has 1 aliphatic rings. The first-order valence-corrected chi connectivity index (χ1v) is 6.46. The second kappa shape index (κ2) is 10.1. The van der Waals surface area contributed by atoms with Crippen molar-refractivity contribution in [3.63, 3.8) is 0 Å². The zero-order valence-corrected chi connectivity index (χ0v) is 12.2. The highest BCUT2D eigenvalue weighted by Crippen LogP contribution is 2.32. The number of methoxy groups -OCH3 is 2. The predicted octanol–water partition coefficient (Wildman–Crippen LogP) is 3.24. The van der Waals surface area contributed by atoms with Crippen LogP contribution in [-0.2, 0) is 19.8 Å². The van der Waals surface area contributed by atoms with Crippen molar-refractivity contribution in [3.8, 4) is 0 Å². The molecule has 1 fully saturated rings. The largest absolute Gasteiger partial charge is 0.385 e. The van der Waals surface area contributed by atoms with Gasteiger partial charge in [-0.1, -0.05) is 44.2 Å². The summed E-state index contributed by atoms with van der Waals surface area (Å²) in [6, 6.07) is 10.2. The van der Waals surface area contributed by atoms with Crippen LogP contribution in [0.15, 0.2) is 30.3 Å². The molecular formula is C15H26O3. The first-order valence-electron chi connectivity index (χ1n) is 6.46. The monoisotopic (exact) mass is 254 g/mol. The quantitative estimate of drug-likeness (QED) is 0.829. The SMILES string of the molecule is CC.CCOC.COC1(c2ccccc2)COC1. The van der Waals surface area contributed by atoms with E-state index in [-0.39, 0.29) is 5.60 Å². The van der Waals surface area contributed by atoms with E-state index < -0.39 is 0 Å². The first kappa shape index (κ1) is 17.1. The molecule has 1 aliphatic heterocycles. The van der Waals surface area contributed by atoms with Crippen LogP contribution in [0.1, 0.15) is 26.3 Å². The lowest BCUT2D eigenvalue weighted by atomic mass is 9.92. The zero-order valence-electron chi connectivity index (χ0n) is 12.2. The van der Waals surface area contributed by atoms with Gasteiger partial charge in [-0.2, -0.15) is 0 Å². The maximum Gasteiger partial charge on any atom is 0.139 e. The molecule has 0 N–H and O–H groups in total. The molecule has 0 radical (unpaired) electrons. The maximum absolute atomic E-state index is 5.43. The molecule has 1 aromatic carbocycles. The molecule has 0 spiro atoms. The Morgan fingerprint density at radius 2 is 1.61 bits per heavy atom. The lowest BCUT2D eigenvalue weighted by molar-refractivity contribution is -0.202. The van der Waals surface area contributed by atoms with E-state index in [4.69, 9.17) is 9.47 Å². The molecule has 3 nitrogen and oxygen atoms in total. The van der Waals surface area contributed by atoms with Gasteiger partial charge in [0.2, 0.25) is 0 Å². The summed E-state index contributed by atoms with van der Waals surface area (Å²) in [6.45, 7) is 8.13. The molecule has 0 bridgehead atoms. The lowest BCUT2D eigenvalue weighted by Crippen LogP contribution is -2.48. The molecule has 0 atom stereocenters. The highest BCUT2D eigenvalue weighted by atomic mass is 16.6. The molecule has 104 valence electrons. The van der Waals surface area contributed by atoms with Gasteiger partial charge in [0.15, 0.2) is 0 Å². The molecule has 0 unspecified atom stereocenters. The maximum atomic E-state index is 5.43. The minimum atomic E-state index is -0.165. The lowest BCUT2D eigenvalue weighted by Gasteiger charge is -2.40. The highest BCUT2D eigenvalue weighted by Gasteiger charge is 2.40. The predicted molar refractivity (Wildman–Crippen MR) is 74.8 cm³/mol. The Labute approximate surface area is 111 Å². The van der Waals surface area contributed by atoms with E-state index >= 15 is 0 Å². The summed E-state index contributed by atoms with van der Waals surface area (Å²) in [7, 11) is 3.41. The summed E-state index contributed by atoms with van der Waals surface area (Å²) >= 11 is 0. The average molecular weight is 254 g/mol. The van der Waals surface area contributed by atoms with Crippen LogP contribution in [0.25, 0.3) is 0 Å². The first-order chi connectivity index (χ1) is 8.79. The molecule has 0 amide bonds. The molecule has 1 heterocycles. The van der Waals surface area contributed by atoms with Crippen molar-refractivity contribution >= 4 is 0 Å². The topological polar surface area (TPSA) is 27.7 Å². The highest BCUT2D eigenvalue weighted by molar-refractivity contribution is 5.24. The number of hydrogen-bond donors (Lipinski definition) is 0. The molecular weight excluding hydrogens is 228 g/mol. The van der Waals surface area contributed by atoms with Crippen LogP contribution in [0.3, 0.4) is 0 Å². The van der Waals surface area contributed by atoms with Crippen molar-refractivity contribution in [2.24, 2.45) is 0 Å². The molecule has 1 saturated heterocycles. The van der Waals surface area contributed by atoms with Gasteiger partial charge in [-0.25, -0.2) is 0 Å². The van der Waals surface area contributed by atoms with Crippen LogP contribution in [0.5, 0.6) is 0 Å². The summed E-state index contributed by atoms with van der Waals surface area (Å²) in [4.78, 5) is 0. The van der Waals surface area contributed by atoms with E-state index in [9.17, 15) is 0 Å². The Morgan fingerprint density at radius 3 is 1.89 bits per heavy atom. The molecule has 2 rings (SSSR count). The Balaban J connectivity index is 0.000000415. The average Bonchev–Trinajstić information content (AvgIpc) is 2.42. The molecule has 0 aromatic heterocycles. The summed E-state index contributed by atoms with van der Waals surface area (Å²) in [5.74, 6) is 0. The van der Waals surface area contributed by atoms with E-state index in [0.717, 1.165) is 6.61 Å². The summed E-state index contributed by atoms with van der Waals surface area (Å²) in [6.07, 6.45) is 0. The van der Waals surface area contributed by atoms with Crippen molar-refractivity contribution in [3.05, 3.63) is 35.9 Å². The summed E-state index contributed by atoms with van der Waals surface area (Å²) < 4.78 is 15.1. The van der Waals surface area contributed by atoms with Crippen LogP contribution in [-0.4, -0.2) is 34.0 Å². The van der Waals surface area contributed by atoms with E-state index in [1.165, 1.54) is 5.56 Å². The van der Waals surface area contributed by atoms with Gasteiger partial charge in [-0.05, 0) is 12.5 Å². The molecule has 3 heteroatoms. The van der Waals surface area contributed by atoms with E-state index in [0.29, 0.717) is 13.2 Å². The standard InChI is InChI=1S/C10H12O2.C3H8O.C2H6/c1-11-10(7-12-8-10)9-5-3-2-4-6-9;1-3-4-2;1-2/h2-6H,7-8H2,1H3;3H2,1-2H3;1-2H3. The third-order valence-corrected chi connectivity index (χ3v) is 2.65. The normalized spacial score (nSPS) is 15.4. The van der Waals surface area contributed by atoms with E-state index in [1.54, 1.807) is 14.2 Å². The van der Waals surface area contributed by atoms with Crippen LogP contribution < -0.4 is 0 Å². The Morgan fingerprint density at radius 1 is 1.11 bits per heavy atom. The molecule has 1 aromatic rings. The minimum Gasteiger partial charge on any atom is -0.385 e. The summed E-state index contributed by atoms with van der Waals surface area (Å²) in [5, 5.41) is 0. The minimum absolute atomic E-state index is 0.165. The van der Waals surface area contributed by atoms with Gasteiger partial charge in [-0.15, -0.1) is 0 Å². The van der Waals surface area contributed by atoms with Gasteiger partial charge in [0, 0.05) is 20.8 Å². The number of ether oxygens (including phenoxy) is 3. The van der Waals surface area contributed by atoms with Crippen molar-refractivity contribution in [2.45, 2.75) is 26.4 Å². The van der Waals surface area contributed by atoms with Crippen LogP contribution in [0.4, 0.5) is 0 Å². The van der Waals surface area contributed by atoms with Crippen molar-refractivity contribution in [1.82, 2.24) is 0 Å². The Hall–Kier alpha value is -0.900. The fourth-order valence-corrected chi connectivity index (χ4v) is 1.43. The fourth-order valence-electron chi connectivity index (χ4n) is 1.43. The van der Waals surface area contributed by atoms with Gasteiger partial charge in [-0.3, -0.25) is 0 Å². The van der Waals surface area contributed by atoms with Crippen LogP contribution >= 0.6 is 0 Å². The second-order valence-corrected chi connectivity index (χ2v) is 3.63. The van der Waals surface area contributed by atoms with Crippen molar-refractivity contribution in [1.29, 1.82) is 0 Å². The van der Waals surface area contributed by atoms with Gasteiger partial charge in [0.1, 0.15) is 5.60 Å². The zero-order chi connectivity index (χ0) is 13.9. The van der Waals surface area contributed by atoms with Gasteiger partial charge < -0.3 is 14.2 Å². The number of rotatable bonds is 3. The van der Waals surface area contributed by atoms with E-state index in [1.807, 2.05) is 39.0 Å². The fraction of sp³-hybridized carbons (Fsp3) is 0.600. The van der Waals surface area contributed by atoms with Crippen molar-refractivity contribution < 1.29 is 14.2 Å². The van der Waals surface area contributed by atoms with Gasteiger partial charge in [0.25, 0.3) is 0 Å². The molecule has 0 saturated carbocycles. The number of benzene rings is 1. The summed E-state index contributed by atoms with van der Waals surface area (Å²) in [5.41, 5.74) is 1.04. The second-order valence-electron chi connectivity index (χ2n) is 3.63. The Bertz CT molecular complexity index is 274. The number of hydrogen-bond acceptors (Lipinski definition) is 3. The van der Waals surface area contributed by atoms with Crippen LogP contribution in [0.2, 0.25) is 0 Å². The van der Waals surface area contributed by atoms with Gasteiger partial charge in [0.05, 0.1) is 13.2 Å². The van der Waals surface area contributed by atoms with Crippen LogP contribution in [0, 0.1) is 0 Å². The third-order valence-electron chi connectivity index (χ3n) is 2.65. The smallest absolute Gasteiger partial charge is 0.139 e. The van der Waals surface area contributed by atoms with E-state index in [2.05, 4.69) is 16.9 Å². The Kier molecular flexibility index (Phi) is 9.56. The van der Waals surface area contributed by atoms with Gasteiger partial charge >= 0.3 is 0 Å².